The molecule has 2 aliphatic rings. The van der Waals surface area contributed by atoms with E-state index in [9.17, 15) is 0 Å². The monoisotopic (exact) mass is 782 g/mol. The summed E-state index contributed by atoms with van der Waals surface area (Å²) < 4.78 is 4.94. The molecule has 0 saturated carbocycles. The Balaban J connectivity index is 0.00000281. The minimum Gasteiger partial charge on any atom is -0.147 e. The van der Waals surface area contributed by atoms with Gasteiger partial charge >= 0.3 is 301 Å². The van der Waals surface area contributed by atoms with Crippen molar-refractivity contribution in [3.63, 3.8) is 0 Å². The molecule has 0 saturated heterocycles. The number of allylic oxidation sites excluding steroid dienone is 4. The predicted molar refractivity (Wildman–Crippen MR) is 222 cm³/mol. The number of hydrogen-bond donors (Lipinski definition) is 0. The third kappa shape index (κ3) is 8.17. The zero-order chi connectivity index (χ0) is 34.8. The van der Waals surface area contributed by atoms with Gasteiger partial charge in [0.1, 0.15) is 0 Å². The van der Waals surface area contributed by atoms with E-state index in [1.165, 1.54) is 50.1 Å². The van der Waals surface area contributed by atoms with Gasteiger partial charge in [-0.15, -0.1) is 24.8 Å². The Morgan fingerprint density at radius 1 is 0.520 bits per heavy atom. The van der Waals surface area contributed by atoms with Gasteiger partial charge in [-0.2, -0.15) is 0 Å². The maximum atomic E-state index is 2.66. The molecule has 0 aromatic heterocycles. The molecule has 2 aliphatic carbocycles. The smallest absolute Gasteiger partial charge is 0.147 e. The summed E-state index contributed by atoms with van der Waals surface area (Å²) in [6.45, 7) is 28.1. The first-order valence-electron chi connectivity index (χ1n) is 18.0. The van der Waals surface area contributed by atoms with E-state index in [4.69, 9.17) is 0 Å². The molecule has 50 heavy (non-hydrogen) atoms. The van der Waals surface area contributed by atoms with Crippen LogP contribution in [0.1, 0.15) is 134 Å². The fourth-order valence-corrected chi connectivity index (χ4v) is 15.2. The predicted octanol–water partition coefficient (Wildman–Crippen LogP) is 12.6. The van der Waals surface area contributed by atoms with Gasteiger partial charge in [-0.25, -0.2) is 0 Å². The molecule has 0 fully saturated rings. The third-order valence-corrected chi connectivity index (χ3v) is 18.0. The molecule has 0 atom stereocenters. The van der Waals surface area contributed by atoms with Gasteiger partial charge in [0.2, 0.25) is 0 Å². The molecule has 0 spiro atoms. The summed E-state index contributed by atoms with van der Waals surface area (Å²) in [6, 6.07) is 31.8. The van der Waals surface area contributed by atoms with E-state index in [-0.39, 0.29) is 46.5 Å². The van der Waals surface area contributed by atoms with Crippen LogP contribution in [0, 0.1) is 0 Å². The molecular formula is C47H58Cl2Zr. The van der Waals surface area contributed by atoms with Crippen molar-refractivity contribution in [1.82, 2.24) is 0 Å². The zero-order valence-corrected chi connectivity index (χ0v) is 36.6. The average Bonchev–Trinajstić information content (AvgIpc) is 3.66. The maximum Gasteiger partial charge on any atom is -0.147 e. The first-order chi connectivity index (χ1) is 22.3. The molecule has 264 valence electrons. The Morgan fingerprint density at radius 3 is 1.42 bits per heavy atom. The van der Waals surface area contributed by atoms with Crippen LogP contribution in [-0.4, -0.2) is 3.21 Å². The van der Waals surface area contributed by atoms with Crippen LogP contribution in [0.4, 0.5) is 0 Å². The Labute approximate surface area is 323 Å². The van der Waals surface area contributed by atoms with Crippen LogP contribution in [0.5, 0.6) is 0 Å². The van der Waals surface area contributed by atoms with Crippen LogP contribution in [0.25, 0.3) is 11.1 Å². The van der Waals surface area contributed by atoms with Gasteiger partial charge in [-0.05, 0) is 0 Å². The fourth-order valence-electron chi connectivity index (χ4n) is 7.23. The fraction of sp³-hybridized carbons (Fsp3) is 0.383. The molecule has 0 aliphatic heterocycles. The summed E-state index contributed by atoms with van der Waals surface area (Å²) in [6.07, 6.45) is 9.28. The van der Waals surface area contributed by atoms with Crippen LogP contribution < -0.4 is 3.27 Å². The molecule has 0 heterocycles. The third-order valence-electron chi connectivity index (χ3n) is 10.4. The minimum absolute atomic E-state index is 0. The van der Waals surface area contributed by atoms with E-state index >= 15 is 0 Å². The van der Waals surface area contributed by atoms with Gasteiger partial charge in [-0.1, -0.05) is 0 Å². The van der Waals surface area contributed by atoms with E-state index in [2.05, 4.69) is 180 Å². The Hall–Kier alpha value is -2.31. The Kier molecular flexibility index (Phi) is 11.8. The molecule has 0 amide bonds. The molecule has 3 heteroatoms. The van der Waals surface area contributed by atoms with Crippen molar-refractivity contribution in [2.45, 2.75) is 118 Å². The van der Waals surface area contributed by atoms with Crippen LogP contribution in [-0.2, 0) is 49.3 Å². The topological polar surface area (TPSA) is 0 Å². The van der Waals surface area contributed by atoms with Crippen molar-refractivity contribution in [3.05, 3.63) is 145 Å². The largest absolute Gasteiger partial charge is 0.147 e. The Morgan fingerprint density at radius 2 is 0.980 bits per heavy atom. The van der Waals surface area contributed by atoms with Crippen molar-refractivity contribution >= 4 is 31.3 Å². The van der Waals surface area contributed by atoms with Gasteiger partial charge in [0.05, 0.1) is 0 Å². The van der Waals surface area contributed by atoms with E-state index in [1.807, 2.05) is 0 Å². The van der Waals surface area contributed by atoms with Gasteiger partial charge in [0.15, 0.2) is 0 Å². The number of benzene rings is 4. The molecule has 0 unspecified atom stereocenters. The van der Waals surface area contributed by atoms with E-state index in [0.29, 0.717) is 0 Å². The molecule has 0 bridgehead atoms. The van der Waals surface area contributed by atoms with Crippen LogP contribution in [0.3, 0.4) is 0 Å². The number of fused-ring (bicyclic) bond motifs is 3. The van der Waals surface area contributed by atoms with Crippen molar-refractivity contribution in [1.29, 1.82) is 0 Å². The summed E-state index contributed by atoms with van der Waals surface area (Å²) in [5, 5.41) is 0. The normalized spacial score (nSPS) is 14.0. The van der Waals surface area contributed by atoms with Crippen LogP contribution in [0.15, 0.2) is 100 Å². The van der Waals surface area contributed by atoms with E-state index in [0.717, 1.165) is 12.8 Å². The molecule has 6 rings (SSSR count). The van der Waals surface area contributed by atoms with Crippen molar-refractivity contribution in [2.75, 3.05) is 0 Å². The standard InChI is InChI=1S/C21H25.C21H26.C5H5.2ClH.Zr/c1-20(2,3)16-9-7-14-11-15-8-10-17(21(4,5)6)13-19(15)18(14)12-16;1-20(2,3)18-11-7-16(8-12-18)15-17-9-13-19(14-10-17)21(4,5)6;1-2-4-5-3-1;;;/h7,9-10,12-13H,11H2,1-6H3;7-14H,1-6H3;1-3H,4H2;2*1H;. The second kappa shape index (κ2) is 14.6. The summed E-state index contributed by atoms with van der Waals surface area (Å²) in [5.41, 5.74) is 14.9. The summed E-state index contributed by atoms with van der Waals surface area (Å²) in [5.74, 6) is 0. The van der Waals surface area contributed by atoms with Gasteiger partial charge in [0, 0.05) is 0 Å². The number of halogens is 2. The van der Waals surface area contributed by atoms with Crippen molar-refractivity contribution in [3.8, 4) is 11.1 Å². The quantitative estimate of drug-likeness (QED) is 0.170. The second-order valence-corrected chi connectivity index (χ2v) is 24.3. The van der Waals surface area contributed by atoms with Crippen LogP contribution >= 0.6 is 24.8 Å². The number of hydrogen-bond acceptors (Lipinski definition) is 0. The average molecular weight is 785 g/mol. The van der Waals surface area contributed by atoms with Gasteiger partial charge < -0.3 is 0 Å². The van der Waals surface area contributed by atoms with Gasteiger partial charge in [0.25, 0.3) is 0 Å². The Bertz CT molecular complexity index is 1900. The zero-order valence-electron chi connectivity index (χ0n) is 32.5. The second-order valence-electron chi connectivity index (χ2n) is 18.3. The molecule has 4 aromatic rings. The summed E-state index contributed by atoms with van der Waals surface area (Å²) >= 11 is -2.79. The van der Waals surface area contributed by atoms with E-state index < -0.39 is 21.3 Å². The molecular weight excluding hydrogens is 727 g/mol. The summed E-state index contributed by atoms with van der Waals surface area (Å²) in [4.78, 5) is 0. The molecule has 4 aromatic carbocycles. The molecule has 0 N–H and O–H groups in total. The molecule has 0 radical (unpaired) electrons. The van der Waals surface area contributed by atoms with Crippen molar-refractivity contribution < 1.29 is 21.3 Å². The van der Waals surface area contributed by atoms with E-state index in [1.54, 1.807) is 15.3 Å². The van der Waals surface area contributed by atoms with Gasteiger partial charge in [-0.3, -0.25) is 0 Å². The minimum atomic E-state index is -2.79. The van der Waals surface area contributed by atoms with Crippen molar-refractivity contribution in [2.24, 2.45) is 0 Å². The first kappa shape index (κ1) is 40.5. The van der Waals surface area contributed by atoms with Crippen LogP contribution in [0.2, 0.25) is 0 Å². The maximum absolute atomic E-state index is 2.79. The molecule has 0 nitrogen and oxygen atoms in total. The summed E-state index contributed by atoms with van der Waals surface area (Å²) in [7, 11) is 0. The number of rotatable bonds is 4. The SMILES string of the molecule is CC(C)(C)c1ccc([C](c2ccc(C(C)(C)C)cc2)=[Zr]([C]2=CC=CC2)[c]2cc(C(C)(C)C)cc3c2Cc2ccc(C(C)(C)C)cc2-3)cc1.Cl.Cl. The first-order valence-corrected chi connectivity index (χ1v) is 21.6.